The predicted octanol–water partition coefficient (Wildman–Crippen LogP) is 3.53. The Kier molecular flexibility index (Phi) is 7.83. The van der Waals surface area contributed by atoms with Crippen LogP contribution >= 0.6 is 11.6 Å². The van der Waals surface area contributed by atoms with Crippen molar-refractivity contribution in [2.75, 3.05) is 19.5 Å². The lowest BCUT2D eigenvalue weighted by Gasteiger charge is -2.07. The van der Waals surface area contributed by atoms with Gasteiger partial charge in [0.2, 0.25) is 11.8 Å². The second-order valence-electron chi connectivity index (χ2n) is 5.91. The van der Waals surface area contributed by atoms with Crippen molar-refractivity contribution < 1.29 is 19.1 Å². The van der Waals surface area contributed by atoms with Crippen LogP contribution in [0.3, 0.4) is 0 Å². The Bertz CT molecular complexity index is 884. The molecular weight excluding hydrogens is 382 g/mol. The van der Waals surface area contributed by atoms with Crippen molar-refractivity contribution in [3.8, 4) is 11.5 Å². The second-order valence-corrected chi connectivity index (χ2v) is 6.32. The molecule has 0 saturated heterocycles. The van der Waals surface area contributed by atoms with Gasteiger partial charge >= 0.3 is 0 Å². The number of benzene rings is 2. The number of anilines is 1. The Morgan fingerprint density at radius 3 is 2.50 bits per heavy atom. The van der Waals surface area contributed by atoms with Gasteiger partial charge in [-0.25, -0.2) is 5.43 Å². The fourth-order valence-corrected chi connectivity index (χ4v) is 2.46. The van der Waals surface area contributed by atoms with Gasteiger partial charge in [0.25, 0.3) is 0 Å². The zero-order valence-electron chi connectivity index (χ0n) is 15.9. The largest absolute Gasteiger partial charge is 0.497 e. The highest BCUT2D eigenvalue weighted by atomic mass is 35.5. The van der Waals surface area contributed by atoms with E-state index in [1.54, 1.807) is 37.4 Å². The summed E-state index contributed by atoms with van der Waals surface area (Å²) in [7, 11) is 3.09. The van der Waals surface area contributed by atoms with Gasteiger partial charge in [-0.15, -0.1) is 0 Å². The highest BCUT2D eigenvalue weighted by Crippen LogP contribution is 2.23. The summed E-state index contributed by atoms with van der Waals surface area (Å²) < 4.78 is 10.4. The molecule has 0 heterocycles. The molecule has 2 aromatic rings. The van der Waals surface area contributed by atoms with E-state index in [0.29, 0.717) is 27.8 Å². The Hall–Kier alpha value is -3.06. The molecule has 0 unspecified atom stereocenters. The second kappa shape index (κ2) is 10.3. The summed E-state index contributed by atoms with van der Waals surface area (Å²) in [5.41, 5.74) is 4.58. The van der Waals surface area contributed by atoms with Crippen LogP contribution in [0.4, 0.5) is 5.69 Å². The van der Waals surface area contributed by atoms with Crippen LogP contribution in [0.15, 0.2) is 41.5 Å². The van der Waals surface area contributed by atoms with Gasteiger partial charge < -0.3 is 14.8 Å². The number of hydrogen-bond donors (Lipinski definition) is 2. The number of carbonyl (C=O) groups excluding carboxylic acids is 2. The van der Waals surface area contributed by atoms with Gasteiger partial charge in [0.1, 0.15) is 11.5 Å². The summed E-state index contributed by atoms with van der Waals surface area (Å²) in [6.07, 6.45) is 1.49. The number of carbonyl (C=O) groups is 2. The van der Waals surface area contributed by atoms with Gasteiger partial charge in [-0.05, 0) is 36.8 Å². The number of amides is 2. The maximum Gasteiger partial charge on any atom is 0.240 e. The first-order valence-electron chi connectivity index (χ1n) is 8.53. The quantitative estimate of drug-likeness (QED) is 0.521. The minimum absolute atomic E-state index is 0.00249. The topological polar surface area (TPSA) is 89.0 Å². The van der Waals surface area contributed by atoms with Gasteiger partial charge in [0.15, 0.2) is 0 Å². The molecule has 2 rings (SSSR count). The Labute approximate surface area is 168 Å². The number of halogens is 1. The van der Waals surface area contributed by atoms with Crippen molar-refractivity contribution in [3.05, 3.63) is 52.5 Å². The molecule has 148 valence electrons. The van der Waals surface area contributed by atoms with E-state index in [1.807, 2.05) is 13.0 Å². The summed E-state index contributed by atoms with van der Waals surface area (Å²) in [6.45, 7) is 1.88. The molecule has 2 aromatic carbocycles. The van der Waals surface area contributed by atoms with Gasteiger partial charge in [0.05, 0.1) is 20.4 Å². The maximum absolute atomic E-state index is 12.0. The zero-order chi connectivity index (χ0) is 20.5. The fourth-order valence-electron chi connectivity index (χ4n) is 2.28. The lowest BCUT2D eigenvalue weighted by Crippen LogP contribution is -2.20. The van der Waals surface area contributed by atoms with E-state index < -0.39 is 0 Å². The van der Waals surface area contributed by atoms with Crippen LogP contribution in [0.5, 0.6) is 11.5 Å². The standard InChI is InChI=1S/C20H22ClN3O4/c1-13-4-6-15(10-17(13)21)23-19(25)8-9-20(26)24-22-12-14-5-7-16(27-2)11-18(14)28-3/h4-7,10-12H,8-9H2,1-3H3,(H,23,25)(H,24,26). The molecule has 0 saturated carbocycles. The first-order valence-corrected chi connectivity index (χ1v) is 8.90. The SMILES string of the molecule is COc1ccc(C=NNC(=O)CCC(=O)Nc2ccc(C)c(Cl)c2)c(OC)c1. The van der Waals surface area contributed by atoms with Crippen molar-refractivity contribution in [1.29, 1.82) is 0 Å². The van der Waals surface area contributed by atoms with E-state index in [4.69, 9.17) is 21.1 Å². The smallest absolute Gasteiger partial charge is 0.240 e. The fraction of sp³-hybridized carbons (Fsp3) is 0.250. The van der Waals surface area contributed by atoms with Crippen LogP contribution in [0.25, 0.3) is 0 Å². The van der Waals surface area contributed by atoms with Gasteiger partial charge in [-0.2, -0.15) is 5.10 Å². The Morgan fingerprint density at radius 2 is 1.82 bits per heavy atom. The van der Waals surface area contributed by atoms with Crippen LogP contribution in [0.1, 0.15) is 24.0 Å². The molecular formula is C20H22ClN3O4. The zero-order valence-corrected chi connectivity index (χ0v) is 16.7. The van der Waals surface area contributed by atoms with Crippen molar-refractivity contribution in [2.45, 2.75) is 19.8 Å². The number of hydrazone groups is 1. The summed E-state index contributed by atoms with van der Waals surface area (Å²) >= 11 is 6.02. The first-order chi connectivity index (χ1) is 13.4. The first kappa shape index (κ1) is 21.2. The van der Waals surface area contributed by atoms with Crippen LogP contribution in [-0.2, 0) is 9.59 Å². The molecule has 0 radical (unpaired) electrons. The van der Waals surface area contributed by atoms with E-state index in [2.05, 4.69) is 15.8 Å². The minimum atomic E-state index is -0.374. The molecule has 7 nitrogen and oxygen atoms in total. The molecule has 0 aliphatic rings. The minimum Gasteiger partial charge on any atom is -0.497 e. The maximum atomic E-state index is 12.0. The van der Waals surface area contributed by atoms with E-state index in [-0.39, 0.29) is 24.7 Å². The molecule has 0 aliphatic carbocycles. The van der Waals surface area contributed by atoms with Crippen LogP contribution < -0.4 is 20.2 Å². The summed E-state index contributed by atoms with van der Waals surface area (Å²) in [4.78, 5) is 23.8. The summed E-state index contributed by atoms with van der Waals surface area (Å²) in [6, 6.07) is 10.5. The molecule has 0 fully saturated rings. The average Bonchev–Trinajstić information content (AvgIpc) is 2.69. The molecule has 2 N–H and O–H groups in total. The van der Waals surface area contributed by atoms with Crippen LogP contribution in [0, 0.1) is 6.92 Å². The Morgan fingerprint density at radius 1 is 1.07 bits per heavy atom. The van der Waals surface area contributed by atoms with E-state index >= 15 is 0 Å². The number of aryl methyl sites for hydroxylation is 1. The third kappa shape index (κ3) is 6.28. The number of nitrogens with zero attached hydrogens (tertiary/aromatic N) is 1. The number of methoxy groups -OCH3 is 2. The molecule has 2 amide bonds. The summed E-state index contributed by atoms with van der Waals surface area (Å²) in [5, 5.41) is 7.17. The van der Waals surface area contributed by atoms with E-state index in [9.17, 15) is 9.59 Å². The van der Waals surface area contributed by atoms with Crippen molar-refractivity contribution in [2.24, 2.45) is 5.10 Å². The third-order valence-corrected chi connectivity index (χ3v) is 4.28. The lowest BCUT2D eigenvalue weighted by molar-refractivity contribution is -0.124. The molecule has 0 spiro atoms. The van der Waals surface area contributed by atoms with Crippen LogP contribution in [-0.4, -0.2) is 32.2 Å². The monoisotopic (exact) mass is 403 g/mol. The molecule has 0 aliphatic heterocycles. The van der Waals surface area contributed by atoms with Crippen molar-refractivity contribution in [3.63, 3.8) is 0 Å². The number of ether oxygens (including phenoxy) is 2. The number of hydrogen-bond acceptors (Lipinski definition) is 5. The molecule has 28 heavy (non-hydrogen) atoms. The highest BCUT2D eigenvalue weighted by Gasteiger charge is 2.08. The summed E-state index contributed by atoms with van der Waals surface area (Å²) in [5.74, 6) is 0.559. The number of rotatable bonds is 8. The van der Waals surface area contributed by atoms with Gasteiger partial charge in [-0.3, -0.25) is 9.59 Å². The molecule has 0 bridgehead atoms. The van der Waals surface area contributed by atoms with Crippen molar-refractivity contribution >= 4 is 35.3 Å². The third-order valence-electron chi connectivity index (χ3n) is 3.87. The van der Waals surface area contributed by atoms with Crippen molar-refractivity contribution in [1.82, 2.24) is 5.43 Å². The van der Waals surface area contributed by atoms with Crippen LogP contribution in [0.2, 0.25) is 5.02 Å². The van der Waals surface area contributed by atoms with Gasteiger partial charge in [-0.1, -0.05) is 17.7 Å². The molecule has 0 aromatic heterocycles. The van der Waals surface area contributed by atoms with Gasteiger partial charge in [0, 0.05) is 35.2 Å². The lowest BCUT2D eigenvalue weighted by atomic mass is 10.2. The predicted molar refractivity (Wildman–Crippen MR) is 109 cm³/mol. The highest BCUT2D eigenvalue weighted by molar-refractivity contribution is 6.31. The number of nitrogens with one attached hydrogen (secondary N) is 2. The molecule has 0 atom stereocenters. The Balaban J connectivity index is 1.81. The normalized spacial score (nSPS) is 10.6. The molecule has 8 heteroatoms. The van der Waals surface area contributed by atoms with E-state index in [1.165, 1.54) is 13.3 Å². The van der Waals surface area contributed by atoms with E-state index in [0.717, 1.165) is 5.56 Å². The average molecular weight is 404 g/mol.